The molecule has 0 aromatic carbocycles. The molecule has 0 aliphatic heterocycles. The smallest absolute Gasteiger partial charge is 0.233 e. The SMILES string of the molecule is Cc1cn2cc(CCC3(N)CC3)cnc2n1. The van der Waals surface area contributed by atoms with Gasteiger partial charge in [-0.2, -0.15) is 0 Å². The second kappa shape index (κ2) is 3.28. The van der Waals surface area contributed by atoms with Crippen LogP contribution in [-0.2, 0) is 6.42 Å². The van der Waals surface area contributed by atoms with Crippen LogP contribution in [0.25, 0.3) is 5.78 Å². The molecular formula is C12H16N4. The largest absolute Gasteiger partial charge is 0.325 e. The maximum Gasteiger partial charge on any atom is 0.233 e. The molecule has 1 fully saturated rings. The van der Waals surface area contributed by atoms with E-state index >= 15 is 0 Å². The van der Waals surface area contributed by atoms with Crippen LogP contribution in [0.5, 0.6) is 0 Å². The van der Waals surface area contributed by atoms with E-state index in [1.165, 1.54) is 18.4 Å². The molecule has 0 spiro atoms. The molecule has 3 rings (SSSR count). The minimum Gasteiger partial charge on any atom is -0.325 e. The lowest BCUT2D eigenvalue weighted by Gasteiger charge is -2.07. The van der Waals surface area contributed by atoms with Gasteiger partial charge in [-0.15, -0.1) is 0 Å². The molecule has 0 radical (unpaired) electrons. The van der Waals surface area contributed by atoms with Crippen LogP contribution in [0.1, 0.15) is 30.5 Å². The van der Waals surface area contributed by atoms with E-state index in [0.717, 1.165) is 24.3 Å². The lowest BCUT2D eigenvalue weighted by atomic mass is 10.1. The highest BCUT2D eigenvalue weighted by molar-refractivity contribution is 5.31. The Balaban J connectivity index is 1.81. The van der Waals surface area contributed by atoms with Crippen molar-refractivity contribution in [3.8, 4) is 0 Å². The molecule has 2 aromatic heterocycles. The molecule has 84 valence electrons. The Morgan fingerprint density at radius 1 is 1.44 bits per heavy atom. The Bertz CT molecular complexity index is 525. The zero-order chi connectivity index (χ0) is 11.2. The van der Waals surface area contributed by atoms with Crippen molar-refractivity contribution in [3.05, 3.63) is 29.8 Å². The zero-order valence-corrected chi connectivity index (χ0v) is 9.48. The van der Waals surface area contributed by atoms with Crippen molar-refractivity contribution < 1.29 is 0 Å². The summed E-state index contributed by atoms with van der Waals surface area (Å²) in [6.45, 7) is 1.98. The van der Waals surface area contributed by atoms with E-state index in [-0.39, 0.29) is 5.54 Å². The summed E-state index contributed by atoms with van der Waals surface area (Å²) >= 11 is 0. The van der Waals surface area contributed by atoms with E-state index < -0.39 is 0 Å². The number of hydrogen-bond donors (Lipinski definition) is 1. The number of aromatic nitrogens is 3. The molecule has 4 heteroatoms. The van der Waals surface area contributed by atoms with Crippen molar-refractivity contribution in [2.45, 2.75) is 38.1 Å². The molecule has 2 heterocycles. The third-order valence-electron chi connectivity index (χ3n) is 3.29. The Labute approximate surface area is 94.5 Å². The lowest BCUT2D eigenvalue weighted by Crippen LogP contribution is -2.22. The fraction of sp³-hybridized carbons (Fsp3) is 0.500. The molecule has 16 heavy (non-hydrogen) atoms. The van der Waals surface area contributed by atoms with Gasteiger partial charge in [-0.1, -0.05) is 0 Å². The molecular weight excluding hydrogens is 200 g/mol. The molecule has 0 saturated heterocycles. The van der Waals surface area contributed by atoms with E-state index in [2.05, 4.69) is 16.2 Å². The fourth-order valence-electron chi connectivity index (χ4n) is 1.98. The summed E-state index contributed by atoms with van der Waals surface area (Å²) in [5, 5.41) is 0. The first-order valence-electron chi connectivity index (χ1n) is 5.74. The first kappa shape index (κ1) is 9.78. The number of rotatable bonds is 3. The molecule has 0 unspecified atom stereocenters. The van der Waals surface area contributed by atoms with Gasteiger partial charge in [0.05, 0.1) is 5.69 Å². The number of aryl methyl sites for hydroxylation is 2. The summed E-state index contributed by atoms with van der Waals surface area (Å²) in [6.07, 6.45) is 10.4. The van der Waals surface area contributed by atoms with Crippen molar-refractivity contribution in [1.82, 2.24) is 14.4 Å². The number of imidazole rings is 1. The van der Waals surface area contributed by atoms with Gasteiger partial charge in [0.2, 0.25) is 5.78 Å². The second-order valence-corrected chi connectivity index (χ2v) is 4.91. The highest BCUT2D eigenvalue weighted by atomic mass is 15.1. The third kappa shape index (κ3) is 1.80. The van der Waals surface area contributed by atoms with Crippen molar-refractivity contribution in [1.29, 1.82) is 0 Å². The predicted molar refractivity (Wildman–Crippen MR) is 62.2 cm³/mol. The number of hydrogen-bond acceptors (Lipinski definition) is 3. The highest BCUT2D eigenvalue weighted by Gasteiger charge is 2.37. The van der Waals surface area contributed by atoms with Gasteiger partial charge in [-0.25, -0.2) is 9.97 Å². The van der Waals surface area contributed by atoms with Gasteiger partial charge in [0.15, 0.2) is 0 Å². The van der Waals surface area contributed by atoms with E-state index in [1.54, 1.807) is 0 Å². The molecule has 2 N–H and O–H groups in total. The van der Waals surface area contributed by atoms with Crippen molar-refractivity contribution in [2.75, 3.05) is 0 Å². The number of nitrogens with two attached hydrogens (primary N) is 1. The minimum atomic E-state index is 0.125. The van der Waals surface area contributed by atoms with Gasteiger partial charge < -0.3 is 5.73 Å². The summed E-state index contributed by atoms with van der Waals surface area (Å²) in [5.74, 6) is 0.773. The lowest BCUT2D eigenvalue weighted by molar-refractivity contribution is 0.607. The molecule has 0 amide bonds. The topological polar surface area (TPSA) is 56.2 Å². The maximum atomic E-state index is 6.07. The first-order chi connectivity index (χ1) is 7.65. The van der Waals surface area contributed by atoms with Crippen molar-refractivity contribution >= 4 is 5.78 Å². The molecule has 1 aliphatic rings. The van der Waals surface area contributed by atoms with Crippen LogP contribution in [0, 0.1) is 6.92 Å². The average molecular weight is 216 g/mol. The monoisotopic (exact) mass is 216 g/mol. The summed E-state index contributed by atoms with van der Waals surface area (Å²) in [7, 11) is 0. The van der Waals surface area contributed by atoms with Crippen molar-refractivity contribution in [2.24, 2.45) is 5.73 Å². The van der Waals surface area contributed by atoms with Crippen LogP contribution >= 0.6 is 0 Å². The zero-order valence-electron chi connectivity index (χ0n) is 9.48. The Hall–Kier alpha value is -1.42. The van der Waals surface area contributed by atoms with Gasteiger partial charge in [0.1, 0.15) is 0 Å². The Morgan fingerprint density at radius 3 is 3.00 bits per heavy atom. The van der Waals surface area contributed by atoms with Gasteiger partial charge in [0, 0.05) is 24.1 Å². The second-order valence-electron chi connectivity index (χ2n) is 4.91. The standard InChI is InChI=1S/C12H16N4/c1-9-7-16-8-10(6-14-11(16)15-9)2-3-12(13)4-5-12/h6-8H,2-5,13H2,1H3. The summed E-state index contributed by atoms with van der Waals surface area (Å²) < 4.78 is 1.99. The fourth-order valence-corrected chi connectivity index (χ4v) is 1.98. The van der Waals surface area contributed by atoms with Crippen LogP contribution in [0.3, 0.4) is 0 Å². The summed E-state index contributed by atoms with van der Waals surface area (Å²) in [6, 6.07) is 0. The number of fused-ring (bicyclic) bond motifs is 1. The Kier molecular flexibility index (Phi) is 2.01. The highest BCUT2D eigenvalue weighted by Crippen LogP contribution is 2.36. The van der Waals surface area contributed by atoms with Gasteiger partial charge in [0.25, 0.3) is 0 Å². The molecule has 1 aliphatic carbocycles. The van der Waals surface area contributed by atoms with Crippen LogP contribution in [0.2, 0.25) is 0 Å². The minimum absolute atomic E-state index is 0.125. The predicted octanol–water partition coefficient (Wildman–Crippen LogP) is 1.46. The average Bonchev–Trinajstić information content (AvgIpc) is 2.87. The molecule has 4 nitrogen and oxygen atoms in total. The van der Waals surface area contributed by atoms with Crippen LogP contribution in [0.4, 0.5) is 0 Å². The molecule has 0 bridgehead atoms. The first-order valence-corrected chi connectivity index (χ1v) is 5.74. The van der Waals surface area contributed by atoms with Crippen molar-refractivity contribution in [3.63, 3.8) is 0 Å². The van der Waals surface area contributed by atoms with Gasteiger partial charge in [-0.05, 0) is 38.2 Å². The molecule has 1 saturated carbocycles. The quantitative estimate of drug-likeness (QED) is 0.845. The summed E-state index contributed by atoms with van der Waals surface area (Å²) in [5.41, 5.74) is 8.44. The molecule has 2 aromatic rings. The van der Waals surface area contributed by atoms with E-state index in [4.69, 9.17) is 5.73 Å². The molecule has 0 atom stereocenters. The van der Waals surface area contributed by atoms with E-state index in [1.807, 2.05) is 23.7 Å². The van der Waals surface area contributed by atoms with Gasteiger partial charge in [-0.3, -0.25) is 4.40 Å². The summed E-state index contributed by atoms with van der Waals surface area (Å²) in [4.78, 5) is 8.64. The normalized spacial score (nSPS) is 17.9. The van der Waals surface area contributed by atoms with E-state index in [0.29, 0.717) is 0 Å². The third-order valence-corrected chi connectivity index (χ3v) is 3.29. The van der Waals surface area contributed by atoms with Crippen LogP contribution in [0.15, 0.2) is 18.6 Å². The maximum absolute atomic E-state index is 6.07. The van der Waals surface area contributed by atoms with E-state index in [9.17, 15) is 0 Å². The van der Waals surface area contributed by atoms with Gasteiger partial charge >= 0.3 is 0 Å². The Morgan fingerprint density at radius 2 is 2.25 bits per heavy atom. The van der Waals surface area contributed by atoms with Crippen LogP contribution < -0.4 is 5.73 Å². The van der Waals surface area contributed by atoms with Crippen LogP contribution in [-0.4, -0.2) is 19.9 Å². The number of nitrogens with zero attached hydrogens (tertiary/aromatic N) is 3.